The Morgan fingerprint density at radius 3 is 2.65 bits per heavy atom. The normalized spacial score (nSPS) is 15.9. The molecule has 0 aromatic heterocycles. The van der Waals surface area contributed by atoms with Crippen molar-refractivity contribution in [2.45, 2.75) is 48.7 Å². The molecule has 2 rings (SSSR count). The van der Waals surface area contributed by atoms with Crippen LogP contribution in [0.1, 0.15) is 38.7 Å². The average Bonchev–Trinajstić information content (AvgIpc) is 3.00. The van der Waals surface area contributed by atoms with Crippen molar-refractivity contribution in [1.82, 2.24) is 0 Å². The van der Waals surface area contributed by atoms with E-state index < -0.39 is 5.97 Å². The Labute approximate surface area is 106 Å². The summed E-state index contributed by atoms with van der Waals surface area (Å²) < 4.78 is 0. The van der Waals surface area contributed by atoms with E-state index in [1.807, 2.05) is 37.7 Å². The van der Waals surface area contributed by atoms with Gasteiger partial charge in [-0.05, 0) is 24.5 Å². The van der Waals surface area contributed by atoms with E-state index in [4.69, 9.17) is 5.11 Å². The molecule has 1 aliphatic rings. The Kier molecular flexibility index (Phi) is 3.48. The van der Waals surface area contributed by atoms with Gasteiger partial charge in [-0.3, -0.25) is 4.79 Å². The summed E-state index contributed by atoms with van der Waals surface area (Å²) in [6, 6.07) is 8.20. The Morgan fingerprint density at radius 1 is 1.41 bits per heavy atom. The second kappa shape index (κ2) is 4.73. The van der Waals surface area contributed by atoms with Crippen LogP contribution in [-0.4, -0.2) is 16.3 Å². The maximum Gasteiger partial charge on any atom is 0.304 e. The van der Waals surface area contributed by atoms with Crippen LogP contribution >= 0.6 is 11.8 Å². The van der Waals surface area contributed by atoms with Crippen LogP contribution in [0.15, 0.2) is 29.2 Å². The minimum Gasteiger partial charge on any atom is -0.481 e. The minimum atomic E-state index is -0.735. The van der Waals surface area contributed by atoms with Crippen molar-refractivity contribution in [3.05, 3.63) is 29.8 Å². The van der Waals surface area contributed by atoms with Crippen LogP contribution in [0.2, 0.25) is 0 Å². The zero-order valence-corrected chi connectivity index (χ0v) is 11.1. The first-order valence-electron chi connectivity index (χ1n) is 5.97. The zero-order chi connectivity index (χ0) is 12.5. The third kappa shape index (κ3) is 3.25. The Morgan fingerprint density at radius 2 is 2.06 bits per heavy atom. The van der Waals surface area contributed by atoms with Crippen LogP contribution in [0.25, 0.3) is 0 Å². The molecule has 0 unspecified atom stereocenters. The van der Waals surface area contributed by atoms with Crippen molar-refractivity contribution in [2.75, 3.05) is 0 Å². The summed E-state index contributed by atoms with van der Waals surface area (Å²) >= 11 is 1.90. The lowest BCUT2D eigenvalue weighted by molar-refractivity contribution is -0.138. The lowest BCUT2D eigenvalue weighted by atomic mass is 9.81. The molecule has 1 aromatic rings. The monoisotopic (exact) mass is 250 g/mol. The topological polar surface area (TPSA) is 37.3 Å². The van der Waals surface area contributed by atoms with Crippen LogP contribution in [0.3, 0.4) is 0 Å². The van der Waals surface area contributed by atoms with Gasteiger partial charge in [-0.25, -0.2) is 0 Å². The third-order valence-corrected chi connectivity index (χ3v) is 4.44. The molecule has 92 valence electrons. The van der Waals surface area contributed by atoms with E-state index in [-0.39, 0.29) is 11.8 Å². The number of benzene rings is 1. The summed E-state index contributed by atoms with van der Waals surface area (Å²) in [6.45, 7) is 4.01. The molecule has 0 aliphatic heterocycles. The molecule has 0 saturated heterocycles. The molecule has 1 aliphatic carbocycles. The molecule has 1 fully saturated rings. The second-order valence-corrected chi connectivity index (χ2v) is 6.61. The Bertz CT molecular complexity index is 422. The van der Waals surface area contributed by atoms with Crippen molar-refractivity contribution in [1.29, 1.82) is 0 Å². The van der Waals surface area contributed by atoms with Crippen LogP contribution in [0.4, 0.5) is 0 Å². The van der Waals surface area contributed by atoms with Gasteiger partial charge in [0.15, 0.2) is 0 Å². The average molecular weight is 250 g/mol. The van der Waals surface area contributed by atoms with Crippen LogP contribution in [0, 0.1) is 0 Å². The van der Waals surface area contributed by atoms with Crippen molar-refractivity contribution in [2.24, 2.45) is 0 Å². The van der Waals surface area contributed by atoms with Gasteiger partial charge in [0.1, 0.15) is 0 Å². The predicted octanol–water partition coefficient (Wildman–Crippen LogP) is 3.69. The highest BCUT2D eigenvalue weighted by atomic mass is 32.2. The van der Waals surface area contributed by atoms with Gasteiger partial charge in [0, 0.05) is 15.6 Å². The van der Waals surface area contributed by atoms with E-state index in [0.29, 0.717) is 0 Å². The Hall–Kier alpha value is -0.960. The van der Waals surface area contributed by atoms with Crippen molar-refractivity contribution in [3.8, 4) is 0 Å². The van der Waals surface area contributed by atoms with Crippen molar-refractivity contribution in [3.63, 3.8) is 0 Å². The molecule has 3 heteroatoms. The minimum absolute atomic E-state index is 0.176. The fourth-order valence-electron chi connectivity index (χ4n) is 1.97. The summed E-state index contributed by atoms with van der Waals surface area (Å²) in [6.07, 6.45) is 2.76. The van der Waals surface area contributed by atoms with Gasteiger partial charge < -0.3 is 5.11 Å². The summed E-state index contributed by atoms with van der Waals surface area (Å²) in [5, 5.41) is 9.74. The Balaban J connectivity index is 2.25. The van der Waals surface area contributed by atoms with E-state index in [1.54, 1.807) is 0 Å². The number of rotatable bonds is 5. The van der Waals surface area contributed by atoms with E-state index in [0.717, 1.165) is 5.25 Å². The molecule has 0 radical (unpaired) electrons. The number of hydrogen-bond donors (Lipinski definition) is 1. The third-order valence-electron chi connectivity index (χ3n) is 3.03. The van der Waals surface area contributed by atoms with E-state index in [9.17, 15) is 4.79 Å². The van der Waals surface area contributed by atoms with Gasteiger partial charge in [-0.1, -0.05) is 32.0 Å². The van der Waals surface area contributed by atoms with Gasteiger partial charge in [0.25, 0.3) is 0 Å². The summed E-state index contributed by atoms with van der Waals surface area (Å²) in [5.41, 5.74) is 0.865. The molecule has 0 spiro atoms. The fraction of sp³-hybridized carbons (Fsp3) is 0.500. The van der Waals surface area contributed by atoms with E-state index >= 15 is 0 Å². The number of carboxylic acids is 1. The molecule has 0 heterocycles. The van der Waals surface area contributed by atoms with E-state index in [1.165, 1.54) is 23.3 Å². The molecule has 0 bridgehead atoms. The van der Waals surface area contributed by atoms with Gasteiger partial charge in [-0.15, -0.1) is 11.8 Å². The predicted molar refractivity (Wildman–Crippen MR) is 70.6 cm³/mol. The summed E-state index contributed by atoms with van der Waals surface area (Å²) in [5.74, 6) is -0.735. The maximum absolute atomic E-state index is 10.9. The van der Waals surface area contributed by atoms with Gasteiger partial charge in [0.2, 0.25) is 0 Å². The molecular weight excluding hydrogens is 232 g/mol. The smallest absolute Gasteiger partial charge is 0.304 e. The molecule has 1 saturated carbocycles. The standard InChI is InChI=1S/C14H18O2S/c1-14(2,9-13(15)16)11-5-3-4-6-12(11)17-10-7-8-10/h3-6,10H,7-9H2,1-2H3,(H,15,16). The lowest BCUT2D eigenvalue weighted by Crippen LogP contribution is -2.22. The quantitative estimate of drug-likeness (QED) is 0.866. The van der Waals surface area contributed by atoms with Gasteiger partial charge in [0.05, 0.1) is 6.42 Å². The first kappa shape index (κ1) is 12.5. The highest BCUT2D eigenvalue weighted by molar-refractivity contribution is 8.00. The second-order valence-electron chi connectivity index (χ2n) is 5.27. The molecular formula is C14H18O2S. The largest absolute Gasteiger partial charge is 0.481 e. The molecule has 0 atom stereocenters. The first-order chi connectivity index (χ1) is 7.99. The number of aliphatic carboxylic acids is 1. The molecule has 17 heavy (non-hydrogen) atoms. The first-order valence-corrected chi connectivity index (χ1v) is 6.85. The van der Waals surface area contributed by atoms with Crippen LogP contribution < -0.4 is 0 Å². The molecule has 1 aromatic carbocycles. The fourth-order valence-corrected chi connectivity index (χ4v) is 3.33. The maximum atomic E-state index is 10.9. The molecule has 0 amide bonds. The van der Waals surface area contributed by atoms with E-state index in [2.05, 4.69) is 12.1 Å². The number of hydrogen-bond acceptors (Lipinski definition) is 2. The summed E-state index contributed by atoms with van der Waals surface area (Å²) in [7, 11) is 0. The van der Waals surface area contributed by atoms with Crippen molar-refractivity contribution < 1.29 is 9.90 Å². The highest BCUT2D eigenvalue weighted by Crippen LogP contribution is 2.43. The van der Waals surface area contributed by atoms with Crippen LogP contribution in [0.5, 0.6) is 0 Å². The highest BCUT2D eigenvalue weighted by Gasteiger charge is 2.29. The van der Waals surface area contributed by atoms with Gasteiger partial charge in [-0.2, -0.15) is 0 Å². The molecule has 2 nitrogen and oxygen atoms in total. The lowest BCUT2D eigenvalue weighted by Gasteiger charge is -2.25. The van der Waals surface area contributed by atoms with Crippen LogP contribution in [-0.2, 0) is 10.2 Å². The number of carboxylic acid groups (broad SMARTS) is 1. The number of thioether (sulfide) groups is 1. The zero-order valence-electron chi connectivity index (χ0n) is 10.3. The van der Waals surface area contributed by atoms with Gasteiger partial charge >= 0.3 is 5.97 Å². The summed E-state index contributed by atoms with van der Waals surface area (Å²) in [4.78, 5) is 12.2. The number of carbonyl (C=O) groups is 1. The van der Waals surface area contributed by atoms with Crippen molar-refractivity contribution >= 4 is 17.7 Å². The molecule has 1 N–H and O–H groups in total. The SMILES string of the molecule is CC(C)(CC(=O)O)c1ccccc1SC1CC1.